The van der Waals surface area contributed by atoms with Gasteiger partial charge in [0.2, 0.25) is 0 Å². The number of nitrogens with one attached hydrogen (secondary N) is 1. The van der Waals surface area contributed by atoms with Crippen LogP contribution in [-0.2, 0) is 30.8 Å². The van der Waals surface area contributed by atoms with Gasteiger partial charge in [-0.25, -0.2) is 18.7 Å². The zero-order valence-electron chi connectivity index (χ0n) is 25.7. The van der Waals surface area contributed by atoms with Crippen molar-refractivity contribution in [3.8, 4) is 11.8 Å². The molecular formula is C35H34F2N6O3S. The number of aromatic nitrogens is 3. The van der Waals surface area contributed by atoms with Gasteiger partial charge in [-0.05, 0) is 80.1 Å². The molecule has 1 fully saturated rings. The number of imidazole rings is 1. The molecule has 47 heavy (non-hydrogen) atoms. The Kier molecular flexibility index (Phi) is 8.86. The first-order valence-corrected chi connectivity index (χ1v) is 16.7. The topological polar surface area (TPSA) is 104 Å². The van der Waals surface area contributed by atoms with Crippen molar-refractivity contribution in [3.05, 3.63) is 99.1 Å². The summed E-state index contributed by atoms with van der Waals surface area (Å²) >= 11 is 1.25. The van der Waals surface area contributed by atoms with Crippen molar-refractivity contribution in [1.82, 2.24) is 24.3 Å². The highest BCUT2D eigenvalue weighted by Crippen LogP contribution is 2.39. The summed E-state index contributed by atoms with van der Waals surface area (Å²) < 4.78 is 30.9. The Bertz CT molecular complexity index is 1840. The Labute approximate surface area is 275 Å². The molecule has 2 N–H and O–H groups in total. The molecule has 2 aromatic carbocycles. The Morgan fingerprint density at radius 3 is 2.60 bits per heavy atom. The smallest absolute Gasteiger partial charge is 0.264 e. The monoisotopic (exact) mass is 656 g/mol. The van der Waals surface area contributed by atoms with Crippen molar-refractivity contribution in [2.75, 3.05) is 25.0 Å². The third-order valence-electron chi connectivity index (χ3n) is 9.29. The van der Waals surface area contributed by atoms with E-state index >= 15 is 0 Å². The second kappa shape index (κ2) is 13.4. The lowest BCUT2D eigenvalue weighted by Crippen LogP contribution is -2.38. The maximum absolute atomic E-state index is 14.5. The lowest BCUT2D eigenvalue weighted by atomic mass is 9.97. The SMILES string of the molecule is O=C(Nc1nccs1)C(c1ncn2c1CCC2)N1Cc2c(cc(C#Cc3ccc(CN4CCC(CO)CC4)cc3)cc2C(F)F)C1=O. The molecule has 0 aliphatic carbocycles. The number of carbonyl (C=O) groups excluding carboxylic acids is 2. The van der Waals surface area contributed by atoms with Gasteiger partial charge in [-0.2, -0.15) is 0 Å². The van der Waals surface area contributed by atoms with Crippen LogP contribution in [0.15, 0.2) is 54.3 Å². The fourth-order valence-electron chi connectivity index (χ4n) is 6.76. The molecule has 0 saturated carbocycles. The molecule has 12 heteroatoms. The standard InChI is InChI=1S/C35H34F2N6O3S/c36-32(37)26-16-25(8-5-22-3-6-23(7-4-22)18-41-13-9-24(20-44)10-14-41)17-27-28(26)19-43(34(27)46)31(33(45)40-35-38-11-15-47-35)30-29-2-1-12-42(29)21-39-30/h3-4,6-7,11,15-17,21,24,31-32,44H,1-2,9-10,12-14,18-20H2,(H,38,40,45). The molecule has 5 heterocycles. The summed E-state index contributed by atoms with van der Waals surface area (Å²) in [5.74, 6) is 5.42. The molecule has 4 aromatic rings. The first-order valence-electron chi connectivity index (χ1n) is 15.8. The number of nitrogens with zero attached hydrogens (tertiary/aromatic N) is 5. The lowest BCUT2D eigenvalue weighted by molar-refractivity contribution is -0.121. The first-order chi connectivity index (χ1) is 22.9. The van der Waals surface area contributed by atoms with E-state index in [1.165, 1.54) is 22.3 Å². The first kappa shape index (κ1) is 31.2. The van der Waals surface area contributed by atoms with Crippen molar-refractivity contribution in [3.63, 3.8) is 0 Å². The molecule has 3 aliphatic rings. The van der Waals surface area contributed by atoms with Gasteiger partial charge in [0.1, 0.15) is 0 Å². The second-order valence-corrected chi connectivity index (χ2v) is 13.2. The number of anilines is 1. The third kappa shape index (κ3) is 6.43. The van der Waals surface area contributed by atoms with Crippen LogP contribution in [0.3, 0.4) is 0 Å². The van der Waals surface area contributed by atoms with Crippen molar-refractivity contribution < 1.29 is 23.5 Å². The molecule has 9 nitrogen and oxygen atoms in total. The molecule has 0 bridgehead atoms. The largest absolute Gasteiger partial charge is 0.396 e. The summed E-state index contributed by atoms with van der Waals surface area (Å²) in [4.78, 5) is 40.1. The number of aryl methyl sites for hydroxylation is 1. The van der Waals surface area contributed by atoms with Crippen LogP contribution in [0.4, 0.5) is 13.9 Å². The summed E-state index contributed by atoms with van der Waals surface area (Å²) in [6.45, 7) is 3.59. The van der Waals surface area contributed by atoms with Crippen LogP contribution in [0.5, 0.6) is 0 Å². The molecule has 3 aliphatic heterocycles. The van der Waals surface area contributed by atoms with E-state index in [4.69, 9.17) is 0 Å². The molecule has 1 atom stereocenters. The van der Waals surface area contributed by atoms with Gasteiger partial charge in [-0.3, -0.25) is 19.8 Å². The number of aliphatic hydroxyl groups is 1. The van der Waals surface area contributed by atoms with E-state index in [0.717, 1.165) is 62.3 Å². The number of benzene rings is 2. The minimum Gasteiger partial charge on any atom is -0.396 e. The molecule has 2 aromatic heterocycles. The third-order valence-corrected chi connectivity index (χ3v) is 9.98. The van der Waals surface area contributed by atoms with E-state index in [-0.39, 0.29) is 29.8 Å². The average Bonchev–Trinajstić information content (AvgIpc) is 3.89. The van der Waals surface area contributed by atoms with Crippen LogP contribution in [0.2, 0.25) is 0 Å². The number of amides is 2. The number of halogens is 2. The van der Waals surface area contributed by atoms with Gasteiger partial charge in [0.25, 0.3) is 18.2 Å². The Balaban J connectivity index is 1.14. The van der Waals surface area contributed by atoms with Crippen LogP contribution < -0.4 is 5.32 Å². The van der Waals surface area contributed by atoms with E-state index in [9.17, 15) is 23.5 Å². The second-order valence-electron chi connectivity index (χ2n) is 12.3. The van der Waals surface area contributed by atoms with Gasteiger partial charge in [0.15, 0.2) is 11.2 Å². The van der Waals surface area contributed by atoms with Crippen LogP contribution in [0.25, 0.3) is 0 Å². The Hall–Kier alpha value is -4.44. The van der Waals surface area contributed by atoms with Crippen molar-refractivity contribution >= 4 is 28.3 Å². The lowest BCUT2D eigenvalue weighted by Gasteiger charge is -2.31. The van der Waals surface area contributed by atoms with Crippen LogP contribution in [-0.4, -0.2) is 61.0 Å². The summed E-state index contributed by atoms with van der Waals surface area (Å²) in [5.41, 5.74) is 3.56. The normalized spacial score (nSPS) is 17.0. The van der Waals surface area contributed by atoms with E-state index in [2.05, 4.69) is 32.0 Å². The summed E-state index contributed by atoms with van der Waals surface area (Å²) in [5, 5.41) is 14.3. The van der Waals surface area contributed by atoms with E-state index in [1.54, 1.807) is 24.0 Å². The number of aliphatic hydroxyl groups excluding tert-OH is 1. The molecule has 1 saturated heterocycles. The molecule has 1 unspecified atom stereocenters. The minimum atomic E-state index is -2.83. The van der Waals surface area contributed by atoms with Crippen molar-refractivity contribution in [2.24, 2.45) is 5.92 Å². The number of fused-ring (bicyclic) bond motifs is 2. The van der Waals surface area contributed by atoms with E-state index in [1.807, 2.05) is 28.8 Å². The van der Waals surface area contributed by atoms with Crippen molar-refractivity contribution in [2.45, 2.75) is 57.8 Å². The van der Waals surface area contributed by atoms with Gasteiger partial charge < -0.3 is 14.6 Å². The zero-order valence-corrected chi connectivity index (χ0v) is 26.5. The quantitative estimate of drug-likeness (QED) is 0.254. The highest BCUT2D eigenvalue weighted by atomic mass is 32.1. The average molecular weight is 657 g/mol. The van der Waals surface area contributed by atoms with Crippen LogP contribution >= 0.6 is 11.3 Å². The minimum absolute atomic E-state index is 0.121. The molecule has 0 spiro atoms. The van der Waals surface area contributed by atoms with Gasteiger partial charge in [-0.15, -0.1) is 11.3 Å². The number of piperidine rings is 1. The van der Waals surface area contributed by atoms with Crippen molar-refractivity contribution in [1.29, 1.82) is 0 Å². The number of alkyl halides is 2. The zero-order chi connectivity index (χ0) is 32.5. The summed E-state index contributed by atoms with van der Waals surface area (Å²) in [7, 11) is 0. The number of carbonyl (C=O) groups is 2. The maximum Gasteiger partial charge on any atom is 0.264 e. The van der Waals surface area contributed by atoms with Gasteiger partial charge in [0.05, 0.1) is 12.0 Å². The number of rotatable bonds is 8. The fraction of sp³-hybridized carbons (Fsp3) is 0.371. The van der Waals surface area contributed by atoms with Gasteiger partial charge in [-0.1, -0.05) is 24.0 Å². The van der Waals surface area contributed by atoms with Gasteiger partial charge >= 0.3 is 0 Å². The maximum atomic E-state index is 14.5. The van der Waals surface area contributed by atoms with Gasteiger partial charge in [0, 0.05) is 65.8 Å². The Morgan fingerprint density at radius 1 is 1.09 bits per heavy atom. The summed E-state index contributed by atoms with van der Waals surface area (Å²) in [6, 6.07) is 9.62. The number of hydrogen-bond donors (Lipinski definition) is 2. The highest BCUT2D eigenvalue weighted by molar-refractivity contribution is 7.13. The molecule has 242 valence electrons. The number of thiazole rings is 1. The van der Waals surface area contributed by atoms with Crippen LogP contribution in [0, 0.1) is 17.8 Å². The molecule has 2 amide bonds. The van der Waals surface area contributed by atoms with Crippen LogP contribution in [0.1, 0.15) is 81.3 Å². The Morgan fingerprint density at radius 2 is 1.87 bits per heavy atom. The highest BCUT2D eigenvalue weighted by Gasteiger charge is 2.42. The number of likely N-dealkylation sites (tertiary alicyclic amines) is 1. The van der Waals surface area contributed by atoms with E-state index in [0.29, 0.717) is 28.7 Å². The number of hydrogen-bond acceptors (Lipinski definition) is 7. The molecule has 0 radical (unpaired) electrons. The predicted octanol–water partition coefficient (Wildman–Crippen LogP) is 5.16. The summed E-state index contributed by atoms with van der Waals surface area (Å²) in [6.07, 6.45) is 3.99. The molecule has 7 rings (SSSR count). The molecular weight excluding hydrogens is 622 g/mol. The fourth-order valence-corrected chi connectivity index (χ4v) is 7.29. The predicted molar refractivity (Wildman–Crippen MR) is 173 cm³/mol. The van der Waals surface area contributed by atoms with E-state index < -0.39 is 24.3 Å².